The van der Waals surface area contributed by atoms with Crippen molar-refractivity contribution in [1.82, 2.24) is 4.90 Å². The van der Waals surface area contributed by atoms with E-state index in [2.05, 4.69) is 34.4 Å². The summed E-state index contributed by atoms with van der Waals surface area (Å²) >= 11 is 2.62. The van der Waals surface area contributed by atoms with Crippen LogP contribution in [0.4, 0.5) is 0 Å². The van der Waals surface area contributed by atoms with Crippen LogP contribution in [0, 0.1) is 0 Å². The molecule has 0 N–H and O–H groups in total. The van der Waals surface area contributed by atoms with Gasteiger partial charge in [0, 0.05) is 0 Å². The minimum atomic E-state index is 0.764. The van der Waals surface area contributed by atoms with E-state index in [0.717, 1.165) is 4.05 Å². The molecule has 0 radical (unpaired) electrons. The first-order valence-electron chi connectivity index (χ1n) is 7.22. The van der Waals surface area contributed by atoms with Gasteiger partial charge in [0.2, 0.25) is 0 Å². The molecular weight excluding hydrogens is 309 g/mol. The van der Waals surface area contributed by atoms with Crippen LogP contribution < -0.4 is 0 Å². The first kappa shape index (κ1) is 14.7. The van der Waals surface area contributed by atoms with Crippen molar-refractivity contribution in [2.24, 2.45) is 0 Å². The Morgan fingerprint density at radius 2 is 1.19 bits per heavy atom. The zero-order valence-electron chi connectivity index (χ0n) is 10.9. The predicted molar refractivity (Wildman–Crippen MR) is 81.2 cm³/mol. The molecule has 1 rings (SSSR count). The fraction of sp³-hybridized carbons (Fsp3) is 1.00. The van der Waals surface area contributed by atoms with Crippen LogP contribution in [0.25, 0.3) is 0 Å². The molecule has 1 fully saturated rings. The Morgan fingerprint density at radius 1 is 0.812 bits per heavy atom. The minimum Gasteiger partial charge on any atom is -0.292 e. The molecule has 0 aromatic rings. The number of rotatable bonds is 2. The normalized spacial score (nSPS) is 24.4. The summed E-state index contributed by atoms with van der Waals surface area (Å²) in [5, 5.41) is 0. The Balaban J connectivity index is 2.30. The van der Waals surface area contributed by atoms with Crippen LogP contribution in [0.5, 0.6) is 0 Å². The highest BCUT2D eigenvalue weighted by Crippen LogP contribution is 2.17. The molecule has 16 heavy (non-hydrogen) atoms. The molecule has 0 spiro atoms. The number of halogens is 1. The van der Waals surface area contributed by atoms with E-state index in [-0.39, 0.29) is 0 Å². The van der Waals surface area contributed by atoms with Crippen molar-refractivity contribution < 1.29 is 0 Å². The zero-order valence-corrected chi connectivity index (χ0v) is 13.0. The van der Waals surface area contributed by atoms with Gasteiger partial charge < -0.3 is 0 Å². The Bertz CT molecular complexity index is 149. The second kappa shape index (κ2) is 9.69. The van der Waals surface area contributed by atoms with Crippen molar-refractivity contribution in [2.45, 2.75) is 75.2 Å². The van der Waals surface area contributed by atoms with E-state index in [4.69, 9.17) is 0 Å². The van der Waals surface area contributed by atoms with Crippen molar-refractivity contribution in [3.63, 3.8) is 0 Å². The van der Waals surface area contributed by atoms with E-state index in [1.54, 1.807) is 0 Å². The first-order valence-corrected chi connectivity index (χ1v) is 8.47. The van der Waals surface area contributed by atoms with Crippen molar-refractivity contribution in [2.75, 3.05) is 13.1 Å². The summed E-state index contributed by atoms with van der Waals surface area (Å²) < 4.78 is 0.764. The van der Waals surface area contributed by atoms with Gasteiger partial charge in [-0.1, -0.05) is 74.5 Å². The third-order valence-corrected chi connectivity index (χ3v) is 5.29. The molecule has 0 bridgehead atoms. The highest BCUT2D eigenvalue weighted by molar-refractivity contribution is 14.1. The molecule has 0 aromatic heterocycles. The zero-order chi connectivity index (χ0) is 11.6. The maximum Gasteiger partial charge on any atom is 0.0615 e. The number of alkyl halides is 1. The van der Waals surface area contributed by atoms with Gasteiger partial charge in [-0.25, -0.2) is 0 Å². The Labute approximate surface area is 115 Å². The smallest absolute Gasteiger partial charge is 0.0615 e. The van der Waals surface area contributed by atoms with E-state index < -0.39 is 0 Å². The molecule has 0 aliphatic carbocycles. The second-order valence-corrected chi connectivity index (χ2v) is 6.50. The number of nitrogens with zero attached hydrogens (tertiary/aromatic N) is 1. The summed E-state index contributed by atoms with van der Waals surface area (Å²) in [6.07, 6.45) is 14.4. The molecule has 1 heterocycles. The maximum absolute atomic E-state index is 2.71. The van der Waals surface area contributed by atoms with Crippen LogP contribution in [0.3, 0.4) is 0 Å². The van der Waals surface area contributed by atoms with Gasteiger partial charge in [0.05, 0.1) is 4.05 Å². The van der Waals surface area contributed by atoms with E-state index in [9.17, 15) is 0 Å². The van der Waals surface area contributed by atoms with Gasteiger partial charge in [-0.15, -0.1) is 0 Å². The highest BCUT2D eigenvalue weighted by atomic mass is 127. The fourth-order valence-electron chi connectivity index (χ4n) is 2.52. The SMILES string of the molecule is CCC(I)N1CCCCCCCCCCC1. The van der Waals surface area contributed by atoms with Crippen molar-refractivity contribution in [1.29, 1.82) is 0 Å². The molecule has 1 unspecified atom stereocenters. The number of hydrogen-bond acceptors (Lipinski definition) is 1. The summed E-state index contributed by atoms with van der Waals surface area (Å²) in [7, 11) is 0. The third-order valence-electron chi connectivity index (χ3n) is 3.62. The van der Waals surface area contributed by atoms with Crippen LogP contribution in [-0.2, 0) is 0 Å². The molecule has 1 saturated heterocycles. The average molecular weight is 337 g/mol. The fourth-order valence-corrected chi connectivity index (χ4v) is 3.07. The van der Waals surface area contributed by atoms with Gasteiger partial charge in [0.15, 0.2) is 0 Å². The molecule has 1 nitrogen and oxygen atoms in total. The summed E-state index contributed by atoms with van der Waals surface area (Å²) in [4.78, 5) is 2.71. The molecule has 1 atom stereocenters. The van der Waals surface area contributed by atoms with Gasteiger partial charge in [-0.3, -0.25) is 4.90 Å². The highest BCUT2D eigenvalue weighted by Gasteiger charge is 2.12. The Hall–Kier alpha value is 0.690. The lowest BCUT2D eigenvalue weighted by atomic mass is 10.1. The molecule has 2 heteroatoms. The summed E-state index contributed by atoms with van der Waals surface area (Å²) in [5.41, 5.74) is 0. The standard InChI is InChI=1S/C14H28IN/c1-2-14(15)16-12-10-8-6-4-3-5-7-9-11-13-16/h14H,2-13H2,1H3. The summed E-state index contributed by atoms with van der Waals surface area (Å²) in [5.74, 6) is 0. The summed E-state index contributed by atoms with van der Waals surface area (Å²) in [6, 6.07) is 0. The molecule has 1 aliphatic heterocycles. The van der Waals surface area contributed by atoms with Crippen molar-refractivity contribution >= 4 is 22.6 Å². The van der Waals surface area contributed by atoms with Crippen LogP contribution in [-0.4, -0.2) is 22.0 Å². The van der Waals surface area contributed by atoms with Crippen LogP contribution in [0.1, 0.15) is 71.1 Å². The van der Waals surface area contributed by atoms with E-state index >= 15 is 0 Å². The van der Waals surface area contributed by atoms with E-state index in [1.165, 1.54) is 77.3 Å². The molecule has 1 aliphatic rings. The van der Waals surface area contributed by atoms with Gasteiger partial charge >= 0.3 is 0 Å². The van der Waals surface area contributed by atoms with Gasteiger partial charge in [0.25, 0.3) is 0 Å². The summed E-state index contributed by atoms with van der Waals surface area (Å²) in [6.45, 7) is 4.98. The van der Waals surface area contributed by atoms with Crippen molar-refractivity contribution in [3.8, 4) is 0 Å². The molecule has 0 saturated carbocycles. The van der Waals surface area contributed by atoms with Crippen LogP contribution in [0.15, 0.2) is 0 Å². The van der Waals surface area contributed by atoms with Gasteiger partial charge in [-0.05, 0) is 32.4 Å². The molecular formula is C14H28IN. The van der Waals surface area contributed by atoms with Gasteiger partial charge in [-0.2, -0.15) is 0 Å². The van der Waals surface area contributed by atoms with Crippen LogP contribution >= 0.6 is 22.6 Å². The number of hydrogen-bond donors (Lipinski definition) is 0. The monoisotopic (exact) mass is 337 g/mol. The van der Waals surface area contributed by atoms with E-state index in [1.807, 2.05) is 0 Å². The predicted octanol–water partition coefficient (Wildman–Crippen LogP) is 4.98. The average Bonchev–Trinajstić information content (AvgIpc) is 2.29. The van der Waals surface area contributed by atoms with Crippen LogP contribution in [0.2, 0.25) is 0 Å². The Kier molecular flexibility index (Phi) is 8.94. The Morgan fingerprint density at radius 3 is 1.56 bits per heavy atom. The van der Waals surface area contributed by atoms with E-state index in [0.29, 0.717) is 0 Å². The quantitative estimate of drug-likeness (QED) is 0.390. The maximum atomic E-state index is 2.71. The largest absolute Gasteiger partial charge is 0.292 e. The molecule has 0 amide bonds. The van der Waals surface area contributed by atoms with Gasteiger partial charge in [0.1, 0.15) is 0 Å². The third kappa shape index (κ3) is 6.43. The second-order valence-electron chi connectivity index (χ2n) is 5.06. The lowest BCUT2D eigenvalue weighted by Gasteiger charge is -2.27. The molecule has 0 aromatic carbocycles. The minimum absolute atomic E-state index is 0.764. The topological polar surface area (TPSA) is 3.24 Å². The lowest BCUT2D eigenvalue weighted by Crippen LogP contribution is -2.32. The lowest BCUT2D eigenvalue weighted by molar-refractivity contribution is 0.247. The molecule has 96 valence electrons. The first-order chi connectivity index (χ1) is 7.84. The van der Waals surface area contributed by atoms with Crippen molar-refractivity contribution in [3.05, 3.63) is 0 Å².